The van der Waals surface area contributed by atoms with Crippen molar-refractivity contribution in [3.63, 3.8) is 0 Å². The summed E-state index contributed by atoms with van der Waals surface area (Å²) in [6.45, 7) is 3.70. The fourth-order valence-corrected chi connectivity index (χ4v) is 2.10. The molecule has 2 aromatic rings. The maximum atomic E-state index is 10.9. The highest BCUT2D eigenvalue weighted by atomic mass is 32.1. The number of carbonyl (C=O) groups is 1. The van der Waals surface area contributed by atoms with Crippen molar-refractivity contribution in [1.29, 1.82) is 0 Å². The highest BCUT2D eigenvalue weighted by Gasteiger charge is 2.09. The molecule has 0 radical (unpaired) electrons. The number of carboxylic acids is 1. The van der Waals surface area contributed by atoms with Gasteiger partial charge in [0.15, 0.2) is 0 Å². The Kier molecular flexibility index (Phi) is 3.57. The summed E-state index contributed by atoms with van der Waals surface area (Å²) in [5.41, 5.74) is 0.925. The van der Waals surface area contributed by atoms with E-state index in [2.05, 4.69) is 9.36 Å². The summed E-state index contributed by atoms with van der Waals surface area (Å²) in [7, 11) is 0. The molecule has 5 nitrogen and oxygen atoms in total. The zero-order chi connectivity index (χ0) is 13.1. The van der Waals surface area contributed by atoms with Gasteiger partial charge in [0.25, 0.3) is 5.19 Å². The molecule has 0 spiro atoms. The summed E-state index contributed by atoms with van der Waals surface area (Å²) in [4.78, 5) is 15.1. The van der Waals surface area contributed by atoms with Crippen molar-refractivity contribution in [3.05, 3.63) is 35.2 Å². The van der Waals surface area contributed by atoms with E-state index < -0.39 is 5.97 Å². The van der Waals surface area contributed by atoms with E-state index >= 15 is 0 Å². The van der Waals surface area contributed by atoms with Crippen LogP contribution in [0.3, 0.4) is 0 Å². The molecule has 0 aliphatic carbocycles. The van der Waals surface area contributed by atoms with Crippen molar-refractivity contribution in [3.8, 4) is 10.9 Å². The molecule has 0 amide bonds. The molecule has 1 heterocycles. The maximum absolute atomic E-state index is 10.9. The smallest absolute Gasteiger partial charge is 0.335 e. The molecule has 0 unspecified atom stereocenters. The van der Waals surface area contributed by atoms with Crippen LogP contribution in [0.15, 0.2) is 18.2 Å². The zero-order valence-electron chi connectivity index (χ0n) is 10.0. The Labute approximate surface area is 108 Å². The van der Waals surface area contributed by atoms with Crippen LogP contribution >= 0.6 is 11.5 Å². The van der Waals surface area contributed by atoms with Crippen LogP contribution in [-0.2, 0) is 6.42 Å². The quantitative estimate of drug-likeness (QED) is 0.919. The first-order valence-electron chi connectivity index (χ1n) is 5.44. The standard InChI is InChI=1S/C12H12N2O3S/c1-3-10-13-12(18-14-10)17-8-4-5-9(11(15)16)7(2)6-8/h4-6H,3H2,1-2H3,(H,15,16). The fraction of sp³-hybridized carbons (Fsp3) is 0.250. The van der Waals surface area contributed by atoms with Crippen molar-refractivity contribution in [1.82, 2.24) is 9.36 Å². The van der Waals surface area contributed by atoms with Crippen LogP contribution in [0.2, 0.25) is 0 Å². The van der Waals surface area contributed by atoms with Gasteiger partial charge in [-0.2, -0.15) is 9.36 Å². The molecule has 2 rings (SSSR count). The molecule has 0 saturated carbocycles. The van der Waals surface area contributed by atoms with Gasteiger partial charge in [-0.3, -0.25) is 0 Å². The third-order valence-corrected chi connectivity index (χ3v) is 3.03. The van der Waals surface area contributed by atoms with Crippen LogP contribution in [-0.4, -0.2) is 20.4 Å². The second kappa shape index (κ2) is 5.14. The molecule has 0 bridgehead atoms. The predicted octanol–water partition coefficient (Wildman–Crippen LogP) is 2.90. The Bertz CT molecular complexity index is 580. The minimum Gasteiger partial charge on any atom is -0.478 e. The van der Waals surface area contributed by atoms with Crippen LogP contribution in [0.4, 0.5) is 0 Å². The number of ether oxygens (including phenoxy) is 1. The normalized spacial score (nSPS) is 10.3. The third-order valence-electron chi connectivity index (χ3n) is 2.40. The van der Waals surface area contributed by atoms with Gasteiger partial charge in [0, 0.05) is 18.0 Å². The fourth-order valence-electron chi connectivity index (χ4n) is 1.46. The van der Waals surface area contributed by atoms with E-state index in [0.717, 1.165) is 12.2 Å². The molecule has 1 aromatic carbocycles. The van der Waals surface area contributed by atoms with Gasteiger partial charge >= 0.3 is 5.97 Å². The second-order valence-electron chi connectivity index (χ2n) is 3.71. The molecule has 0 aliphatic rings. The molecular weight excluding hydrogens is 252 g/mol. The number of aromatic carboxylic acids is 1. The molecule has 18 heavy (non-hydrogen) atoms. The van der Waals surface area contributed by atoms with E-state index in [4.69, 9.17) is 9.84 Å². The number of aromatic nitrogens is 2. The number of aryl methyl sites for hydroxylation is 2. The first-order valence-corrected chi connectivity index (χ1v) is 6.22. The molecule has 6 heteroatoms. The minimum atomic E-state index is -0.941. The summed E-state index contributed by atoms with van der Waals surface area (Å²) in [5.74, 6) is 0.369. The summed E-state index contributed by atoms with van der Waals surface area (Å²) in [6.07, 6.45) is 0.761. The monoisotopic (exact) mass is 264 g/mol. The SMILES string of the molecule is CCc1nsc(Oc2ccc(C(=O)O)c(C)c2)n1. The lowest BCUT2D eigenvalue weighted by Crippen LogP contribution is -1.99. The van der Waals surface area contributed by atoms with E-state index in [-0.39, 0.29) is 5.56 Å². The number of carboxylic acid groups (broad SMARTS) is 1. The van der Waals surface area contributed by atoms with Gasteiger partial charge in [0.2, 0.25) is 0 Å². The Morgan fingerprint density at radius 2 is 2.28 bits per heavy atom. The van der Waals surface area contributed by atoms with Gasteiger partial charge in [-0.1, -0.05) is 6.92 Å². The largest absolute Gasteiger partial charge is 0.478 e. The van der Waals surface area contributed by atoms with Gasteiger partial charge in [-0.05, 0) is 30.7 Å². The molecule has 0 aliphatic heterocycles. The number of rotatable bonds is 4. The molecule has 94 valence electrons. The summed E-state index contributed by atoms with van der Waals surface area (Å²) in [5, 5.41) is 9.39. The van der Waals surface area contributed by atoms with E-state index in [1.807, 2.05) is 6.92 Å². The van der Waals surface area contributed by atoms with Crippen molar-refractivity contribution in [2.75, 3.05) is 0 Å². The van der Waals surface area contributed by atoms with Crippen LogP contribution in [0.25, 0.3) is 0 Å². The van der Waals surface area contributed by atoms with Gasteiger partial charge < -0.3 is 9.84 Å². The van der Waals surface area contributed by atoms with E-state index in [1.54, 1.807) is 19.1 Å². The number of nitrogens with zero attached hydrogens (tertiary/aromatic N) is 2. The first-order chi connectivity index (χ1) is 8.60. The maximum Gasteiger partial charge on any atom is 0.335 e. The Balaban J connectivity index is 2.19. The van der Waals surface area contributed by atoms with E-state index in [1.165, 1.54) is 17.6 Å². The van der Waals surface area contributed by atoms with Crippen molar-refractivity contribution >= 4 is 17.5 Å². The summed E-state index contributed by atoms with van der Waals surface area (Å²) in [6, 6.07) is 4.81. The van der Waals surface area contributed by atoms with Crippen LogP contribution < -0.4 is 4.74 Å². The van der Waals surface area contributed by atoms with E-state index in [9.17, 15) is 4.79 Å². The minimum absolute atomic E-state index is 0.272. The highest BCUT2D eigenvalue weighted by molar-refractivity contribution is 7.07. The average molecular weight is 264 g/mol. The van der Waals surface area contributed by atoms with Crippen LogP contribution in [0.5, 0.6) is 10.9 Å². The third kappa shape index (κ3) is 2.65. The molecule has 1 N–H and O–H groups in total. The van der Waals surface area contributed by atoms with Crippen LogP contribution in [0.1, 0.15) is 28.7 Å². The Morgan fingerprint density at radius 3 is 2.83 bits per heavy atom. The van der Waals surface area contributed by atoms with Crippen molar-refractivity contribution in [2.24, 2.45) is 0 Å². The topological polar surface area (TPSA) is 72.3 Å². The number of hydrogen-bond acceptors (Lipinski definition) is 5. The Morgan fingerprint density at radius 1 is 1.50 bits per heavy atom. The number of hydrogen-bond donors (Lipinski definition) is 1. The average Bonchev–Trinajstić information content (AvgIpc) is 2.76. The van der Waals surface area contributed by atoms with Gasteiger partial charge in [-0.25, -0.2) is 4.79 Å². The summed E-state index contributed by atoms with van der Waals surface area (Å²) < 4.78 is 9.64. The predicted molar refractivity (Wildman–Crippen MR) is 67.5 cm³/mol. The van der Waals surface area contributed by atoms with Crippen molar-refractivity contribution in [2.45, 2.75) is 20.3 Å². The Hall–Kier alpha value is -1.95. The molecule has 0 saturated heterocycles. The number of benzene rings is 1. The lowest BCUT2D eigenvalue weighted by molar-refractivity contribution is 0.0696. The molecular formula is C12H12N2O3S. The van der Waals surface area contributed by atoms with Crippen molar-refractivity contribution < 1.29 is 14.6 Å². The molecule has 1 aromatic heterocycles. The highest BCUT2D eigenvalue weighted by Crippen LogP contribution is 2.25. The van der Waals surface area contributed by atoms with Gasteiger partial charge in [0.1, 0.15) is 11.6 Å². The summed E-state index contributed by atoms with van der Waals surface area (Å²) >= 11 is 1.19. The lowest BCUT2D eigenvalue weighted by atomic mass is 10.1. The molecule has 0 atom stereocenters. The van der Waals surface area contributed by atoms with Gasteiger partial charge in [-0.15, -0.1) is 0 Å². The van der Waals surface area contributed by atoms with Crippen LogP contribution in [0, 0.1) is 6.92 Å². The lowest BCUT2D eigenvalue weighted by Gasteiger charge is -2.04. The zero-order valence-corrected chi connectivity index (χ0v) is 10.8. The van der Waals surface area contributed by atoms with E-state index in [0.29, 0.717) is 16.5 Å². The first kappa shape index (κ1) is 12.5. The van der Waals surface area contributed by atoms with Gasteiger partial charge in [0.05, 0.1) is 5.56 Å². The molecule has 0 fully saturated rings. The second-order valence-corrected chi connectivity index (χ2v) is 4.43.